The van der Waals surface area contributed by atoms with Gasteiger partial charge in [-0.25, -0.2) is 0 Å². The SMILES string of the molecule is [SiH3]Oc1ccccc1C(c1ccccc1)c1ccccc1. The van der Waals surface area contributed by atoms with E-state index in [1.54, 1.807) is 0 Å². The molecular weight excluding hydrogens is 272 g/mol. The van der Waals surface area contributed by atoms with Crippen LogP contribution in [-0.4, -0.2) is 10.5 Å². The Bertz CT molecular complexity index is 656. The van der Waals surface area contributed by atoms with Crippen molar-refractivity contribution in [2.45, 2.75) is 5.92 Å². The Morgan fingerprint density at radius 1 is 0.619 bits per heavy atom. The van der Waals surface area contributed by atoms with Gasteiger partial charge in [-0.15, -0.1) is 0 Å². The van der Waals surface area contributed by atoms with Crippen molar-refractivity contribution >= 4 is 10.5 Å². The highest BCUT2D eigenvalue weighted by Crippen LogP contribution is 2.36. The van der Waals surface area contributed by atoms with Crippen LogP contribution in [0.3, 0.4) is 0 Å². The fourth-order valence-electron chi connectivity index (χ4n) is 2.75. The summed E-state index contributed by atoms with van der Waals surface area (Å²) in [5, 5.41) is 0. The molecule has 0 fully saturated rings. The average Bonchev–Trinajstić information content (AvgIpc) is 2.58. The molecule has 3 rings (SSSR count). The van der Waals surface area contributed by atoms with Crippen molar-refractivity contribution in [3.63, 3.8) is 0 Å². The Morgan fingerprint density at radius 3 is 1.62 bits per heavy atom. The minimum Gasteiger partial charge on any atom is -0.553 e. The van der Waals surface area contributed by atoms with Crippen molar-refractivity contribution < 1.29 is 4.43 Å². The number of para-hydroxylation sites is 1. The zero-order valence-electron chi connectivity index (χ0n) is 12.1. The molecule has 0 atom stereocenters. The average molecular weight is 290 g/mol. The van der Waals surface area contributed by atoms with Crippen LogP contribution in [0.1, 0.15) is 22.6 Å². The van der Waals surface area contributed by atoms with Crippen molar-refractivity contribution in [1.82, 2.24) is 0 Å². The predicted octanol–water partition coefficient (Wildman–Crippen LogP) is 3.53. The van der Waals surface area contributed by atoms with Gasteiger partial charge in [-0.05, 0) is 17.2 Å². The van der Waals surface area contributed by atoms with E-state index in [4.69, 9.17) is 4.43 Å². The maximum absolute atomic E-state index is 5.71. The van der Waals surface area contributed by atoms with Crippen LogP contribution in [-0.2, 0) is 0 Å². The van der Waals surface area contributed by atoms with Crippen molar-refractivity contribution in [2.75, 3.05) is 0 Å². The molecule has 0 unspecified atom stereocenters. The lowest BCUT2D eigenvalue weighted by Crippen LogP contribution is -2.05. The Labute approximate surface area is 128 Å². The zero-order chi connectivity index (χ0) is 14.5. The molecular formula is C19H18OSi. The van der Waals surface area contributed by atoms with Crippen LogP contribution < -0.4 is 4.43 Å². The van der Waals surface area contributed by atoms with Crippen LogP contribution in [0.5, 0.6) is 5.75 Å². The second-order valence-electron chi connectivity index (χ2n) is 5.00. The van der Waals surface area contributed by atoms with Crippen LogP contribution in [0, 0.1) is 0 Å². The predicted molar refractivity (Wildman–Crippen MR) is 90.8 cm³/mol. The third-order valence-electron chi connectivity index (χ3n) is 3.72. The van der Waals surface area contributed by atoms with Gasteiger partial charge in [0.25, 0.3) is 0 Å². The van der Waals surface area contributed by atoms with Gasteiger partial charge in [0.1, 0.15) is 5.75 Å². The maximum Gasteiger partial charge on any atom is 0.204 e. The summed E-state index contributed by atoms with van der Waals surface area (Å²) in [6.45, 7) is 0. The molecule has 0 aromatic heterocycles. The summed E-state index contributed by atoms with van der Waals surface area (Å²) < 4.78 is 5.71. The molecule has 0 spiro atoms. The van der Waals surface area contributed by atoms with Crippen molar-refractivity contribution in [2.24, 2.45) is 0 Å². The third kappa shape index (κ3) is 2.90. The fraction of sp³-hybridized carbons (Fsp3) is 0.0526. The lowest BCUT2D eigenvalue weighted by Gasteiger charge is -2.21. The molecule has 0 heterocycles. The molecule has 0 aliphatic heterocycles. The van der Waals surface area contributed by atoms with Gasteiger partial charge in [0.05, 0.1) is 0 Å². The van der Waals surface area contributed by atoms with E-state index in [-0.39, 0.29) is 5.92 Å². The number of hydrogen-bond donors (Lipinski definition) is 0. The molecule has 0 saturated heterocycles. The summed E-state index contributed by atoms with van der Waals surface area (Å²) in [6.07, 6.45) is 0. The molecule has 3 aromatic carbocycles. The zero-order valence-corrected chi connectivity index (χ0v) is 14.1. The Hall–Kier alpha value is -2.32. The Morgan fingerprint density at radius 2 is 1.10 bits per heavy atom. The Balaban J connectivity index is 2.17. The normalized spacial score (nSPS) is 10.7. The van der Waals surface area contributed by atoms with E-state index >= 15 is 0 Å². The van der Waals surface area contributed by atoms with Crippen LogP contribution in [0.2, 0.25) is 0 Å². The van der Waals surface area contributed by atoms with Crippen molar-refractivity contribution in [3.05, 3.63) is 102 Å². The second kappa shape index (κ2) is 6.42. The number of rotatable bonds is 4. The highest BCUT2D eigenvalue weighted by Gasteiger charge is 2.19. The van der Waals surface area contributed by atoms with Crippen LogP contribution in [0.25, 0.3) is 0 Å². The lowest BCUT2D eigenvalue weighted by atomic mass is 9.85. The molecule has 3 aromatic rings. The standard InChI is InChI=1S/C19H18OSi/c21-20-18-14-8-7-13-17(18)19(15-9-3-1-4-10-15)16-11-5-2-6-12-16/h1-14,19H,21H3. The third-order valence-corrected chi connectivity index (χ3v) is 4.16. The van der Waals surface area contributed by atoms with E-state index in [1.165, 1.54) is 16.7 Å². The highest BCUT2D eigenvalue weighted by atomic mass is 28.2. The highest BCUT2D eigenvalue weighted by molar-refractivity contribution is 6.00. The molecule has 1 nitrogen and oxygen atoms in total. The molecule has 0 aliphatic carbocycles. The van der Waals surface area contributed by atoms with E-state index in [1.807, 2.05) is 6.07 Å². The first-order valence-electron chi connectivity index (χ1n) is 7.13. The first-order chi connectivity index (χ1) is 10.4. The van der Waals surface area contributed by atoms with Crippen molar-refractivity contribution in [1.29, 1.82) is 0 Å². The van der Waals surface area contributed by atoms with Gasteiger partial charge >= 0.3 is 0 Å². The Kier molecular flexibility index (Phi) is 4.17. The summed E-state index contributed by atoms with van der Waals surface area (Å²) in [6, 6.07) is 29.5. The van der Waals surface area contributed by atoms with Gasteiger partial charge in [-0.2, -0.15) is 0 Å². The molecule has 21 heavy (non-hydrogen) atoms. The van der Waals surface area contributed by atoms with E-state index in [0.717, 1.165) is 5.75 Å². The molecule has 2 heteroatoms. The minimum absolute atomic E-state index is 0.206. The first-order valence-corrected chi connectivity index (χ1v) is 7.94. The summed E-state index contributed by atoms with van der Waals surface area (Å²) in [7, 11) is 0.696. The van der Waals surface area contributed by atoms with Gasteiger partial charge in [-0.1, -0.05) is 78.9 Å². The van der Waals surface area contributed by atoms with Crippen LogP contribution in [0.15, 0.2) is 84.9 Å². The molecule has 0 aliphatic rings. The largest absolute Gasteiger partial charge is 0.553 e. The minimum atomic E-state index is 0.206. The number of benzene rings is 3. The molecule has 0 N–H and O–H groups in total. The van der Waals surface area contributed by atoms with Crippen LogP contribution in [0.4, 0.5) is 0 Å². The molecule has 0 amide bonds. The van der Waals surface area contributed by atoms with Gasteiger partial charge in [-0.3, -0.25) is 0 Å². The van der Waals surface area contributed by atoms with Gasteiger partial charge < -0.3 is 4.43 Å². The summed E-state index contributed by atoms with van der Waals surface area (Å²) in [4.78, 5) is 0. The van der Waals surface area contributed by atoms with E-state index in [9.17, 15) is 0 Å². The van der Waals surface area contributed by atoms with E-state index in [2.05, 4.69) is 78.9 Å². The topological polar surface area (TPSA) is 9.23 Å². The monoisotopic (exact) mass is 290 g/mol. The van der Waals surface area contributed by atoms with Crippen LogP contribution >= 0.6 is 0 Å². The number of hydrogen-bond acceptors (Lipinski definition) is 1. The van der Waals surface area contributed by atoms with Gasteiger partial charge in [0.2, 0.25) is 10.5 Å². The lowest BCUT2D eigenvalue weighted by molar-refractivity contribution is 0.603. The van der Waals surface area contributed by atoms with Gasteiger partial charge in [0.15, 0.2) is 0 Å². The molecule has 0 saturated carbocycles. The summed E-state index contributed by atoms with van der Waals surface area (Å²) in [5.74, 6) is 1.19. The van der Waals surface area contributed by atoms with Crippen molar-refractivity contribution in [3.8, 4) is 5.75 Å². The molecule has 0 bridgehead atoms. The van der Waals surface area contributed by atoms with E-state index < -0.39 is 0 Å². The quantitative estimate of drug-likeness (QED) is 0.527. The molecule has 0 radical (unpaired) electrons. The molecule has 104 valence electrons. The fourth-order valence-corrected chi connectivity index (χ4v) is 3.12. The summed E-state index contributed by atoms with van der Waals surface area (Å²) in [5.41, 5.74) is 3.80. The summed E-state index contributed by atoms with van der Waals surface area (Å²) >= 11 is 0. The smallest absolute Gasteiger partial charge is 0.204 e. The first kappa shape index (κ1) is 13.7. The van der Waals surface area contributed by atoms with Gasteiger partial charge in [0, 0.05) is 11.5 Å². The maximum atomic E-state index is 5.71. The second-order valence-corrected chi connectivity index (χ2v) is 5.40. The van der Waals surface area contributed by atoms with E-state index in [0.29, 0.717) is 10.5 Å².